The first-order chi connectivity index (χ1) is 13.0. The molecule has 0 saturated carbocycles. The molecule has 0 aliphatic carbocycles. The van der Waals surface area contributed by atoms with Crippen LogP contribution in [-0.4, -0.2) is 65.1 Å². The van der Waals surface area contributed by atoms with E-state index in [0.717, 1.165) is 0 Å². The number of rotatable bonds is 6. The number of nitrogens with zero attached hydrogens (tertiary/aromatic N) is 3. The molecule has 8 heteroatoms. The molecule has 144 valence electrons. The molecule has 1 aliphatic rings. The van der Waals surface area contributed by atoms with Gasteiger partial charge in [0.1, 0.15) is 12.6 Å². The van der Waals surface area contributed by atoms with Crippen LogP contribution in [0.3, 0.4) is 0 Å². The standard InChI is InChI=1S/C19H24N4O4/c1-4-15-19(25)22(2)9-10-23(15)18(24)14-11-13(20-21-14)12-27-17-8-6-5-7-16(17)26-3/h5-8,11,15H,4,9-10,12H2,1-3H3,(H,20,21)/t15-/m0/s1. The molecule has 0 spiro atoms. The summed E-state index contributed by atoms with van der Waals surface area (Å²) in [5.74, 6) is 0.962. The normalized spacial score (nSPS) is 17.1. The smallest absolute Gasteiger partial charge is 0.275 e. The molecule has 27 heavy (non-hydrogen) atoms. The number of likely N-dealkylation sites (N-methyl/N-ethyl adjacent to an activating group) is 1. The lowest BCUT2D eigenvalue weighted by atomic mass is 10.1. The Labute approximate surface area is 158 Å². The highest BCUT2D eigenvalue weighted by Gasteiger charge is 2.35. The van der Waals surface area contributed by atoms with Gasteiger partial charge in [-0.2, -0.15) is 5.10 Å². The Bertz CT molecular complexity index is 820. The Morgan fingerprint density at radius 2 is 2.04 bits per heavy atom. The molecule has 1 N–H and O–H groups in total. The summed E-state index contributed by atoms with van der Waals surface area (Å²) in [6.07, 6.45) is 0.573. The largest absolute Gasteiger partial charge is 0.493 e. The Kier molecular flexibility index (Phi) is 5.63. The Balaban J connectivity index is 1.68. The zero-order chi connectivity index (χ0) is 19.4. The number of methoxy groups -OCH3 is 1. The van der Waals surface area contributed by atoms with Gasteiger partial charge in [0, 0.05) is 20.1 Å². The van der Waals surface area contributed by atoms with E-state index in [4.69, 9.17) is 9.47 Å². The molecule has 1 fully saturated rings. The van der Waals surface area contributed by atoms with Crippen molar-refractivity contribution in [2.75, 3.05) is 27.2 Å². The van der Waals surface area contributed by atoms with Crippen molar-refractivity contribution in [2.24, 2.45) is 0 Å². The van der Waals surface area contributed by atoms with Crippen LogP contribution in [0.15, 0.2) is 30.3 Å². The average molecular weight is 372 g/mol. The number of aromatic nitrogens is 2. The fraction of sp³-hybridized carbons (Fsp3) is 0.421. The van der Waals surface area contributed by atoms with Crippen LogP contribution in [-0.2, 0) is 11.4 Å². The molecular weight excluding hydrogens is 348 g/mol. The highest BCUT2D eigenvalue weighted by Crippen LogP contribution is 2.26. The van der Waals surface area contributed by atoms with Crippen molar-refractivity contribution in [3.63, 3.8) is 0 Å². The molecule has 0 unspecified atom stereocenters. The van der Waals surface area contributed by atoms with Crippen LogP contribution in [0.5, 0.6) is 11.5 Å². The lowest BCUT2D eigenvalue weighted by Crippen LogP contribution is -2.57. The summed E-state index contributed by atoms with van der Waals surface area (Å²) in [7, 11) is 3.34. The lowest BCUT2D eigenvalue weighted by Gasteiger charge is -2.38. The zero-order valence-corrected chi connectivity index (χ0v) is 15.8. The van der Waals surface area contributed by atoms with Gasteiger partial charge < -0.3 is 19.3 Å². The number of hydrogen-bond donors (Lipinski definition) is 1. The predicted octanol–water partition coefficient (Wildman–Crippen LogP) is 1.69. The van der Waals surface area contributed by atoms with Crippen molar-refractivity contribution >= 4 is 11.8 Å². The molecule has 0 bridgehead atoms. The average Bonchev–Trinajstić information content (AvgIpc) is 3.17. The number of nitrogens with one attached hydrogen (secondary N) is 1. The fourth-order valence-electron chi connectivity index (χ4n) is 3.14. The van der Waals surface area contributed by atoms with Crippen LogP contribution in [0.1, 0.15) is 29.5 Å². The number of aromatic amines is 1. The Morgan fingerprint density at radius 3 is 2.74 bits per heavy atom. The minimum absolute atomic E-state index is 0.0348. The van der Waals surface area contributed by atoms with Crippen molar-refractivity contribution in [3.8, 4) is 11.5 Å². The van der Waals surface area contributed by atoms with Gasteiger partial charge in [-0.3, -0.25) is 14.7 Å². The van der Waals surface area contributed by atoms with Gasteiger partial charge in [0.15, 0.2) is 17.2 Å². The summed E-state index contributed by atoms with van der Waals surface area (Å²) in [4.78, 5) is 28.4. The number of carbonyl (C=O) groups is 2. The summed E-state index contributed by atoms with van der Waals surface area (Å²) in [5, 5.41) is 6.93. The van der Waals surface area contributed by atoms with E-state index in [0.29, 0.717) is 36.7 Å². The van der Waals surface area contributed by atoms with Crippen LogP contribution < -0.4 is 9.47 Å². The van der Waals surface area contributed by atoms with Gasteiger partial charge in [-0.05, 0) is 24.6 Å². The summed E-state index contributed by atoms with van der Waals surface area (Å²) >= 11 is 0. The monoisotopic (exact) mass is 372 g/mol. The van der Waals surface area contributed by atoms with Crippen LogP contribution in [0.25, 0.3) is 0 Å². The minimum atomic E-state index is -0.443. The zero-order valence-electron chi connectivity index (χ0n) is 15.8. The predicted molar refractivity (Wildman–Crippen MR) is 98.7 cm³/mol. The maximum Gasteiger partial charge on any atom is 0.275 e. The Hall–Kier alpha value is -3.03. The third-order valence-corrected chi connectivity index (χ3v) is 4.66. The second-order valence-electron chi connectivity index (χ2n) is 6.40. The molecule has 2 heterocycles. The maximum absolute atomic E-state index is 12.8. The van der Waals surface area contributed by atoms with Crippen molar-refractivity contribution in [1.29, 1.82) is 0 Å². The van der Waals surface area contributed by atoms with E-state index in [1.807, 2.05) is 31.2 Å². The van der Waals surface area contributed by atoms with E-state index < -0.39 is 6.04 Å². The molecule has 1 atom stereocenters. The molecule has 1 aliphatic heterocycles. The van der Waals surface area contributed by atoms with Crippen LogP contribution >= 0.6 is 0 Å². The molecule has 3 rings (SSSR count). The minimum Gasteiger partial charge on any atom is -0.493 e. The first-order valence-electron chi connectivity index (χ1n) is 8.91. The van der Waals surface area contributed by atoms with Gasteiger partial charge in [0.05, 0.1) is 12.8 Å². The topological polar surface area (TPSA) is 87.8 Å². The van der Waals surface area contributed by atoms with Gasteiger partial charge in [0.2, 0.25) is 5.91 Å². The molecular formula is C19H24N4O4. The quantitative estimate of drug-likeness (QED) is 0.834. The van der Waals surface area contributed by atoms with Gasteiger partial charge in [-0.15, -0.1) is 0 Å². The summed E-state index contributed by atoms with van der Waals surface area (Å²) in [5.41, 5.74) is 0.946. The second kappa shape index (κ2) is 8.11. The van der Waals surface area contributed by atoms with E-state index in [9.17, 15) is 9.59 Å². The maximum atomic E-state index is 12.8. The van der Waals surface area contributed by atoms with Crippen LogP contribution in [0, 0.1) is 0 Å². The summed E-state index contributed by atoms with van der Waals surface area (Å²) in [6.45, 7) is 3.15. The highest BCUT2D eigenvalue weighted by molar-refractivity contribution is 5.96. The first-order valence-corrected chi connectivity index (χ1v) is 8.91. The fourth-order valence-corrected chi connectivity index (χ4v) is 3.14. The molecule has 8 nitrogen and oxygen atoms in total. The number of para-hydroxylation sites is 2. The summed E-state index contributed by atoms with van der Waals surface area (Å²) in [6, 6.07) is 8.55. The van der Waals surface area contributed by atoms with Gasteiger partial charge >= 0.3 is 0 Å². The van der Waals surface area contributed by atoms with E-state index >= 15 is 0 Å². The number of carbonyl (C=O) groups excluding carboxylic acids is 2. The van der Waals surface area contributed by atoms with E-state index in [1.165, 1.54) is 0 Å². The van der Waals surface area contributed by atoms with E-state index in [2.05, 4.69) is 10.2 Å². The van der Waals surface area contributed by atoms with Gasteiger partial charge in [0.25, 0.3) is 5.91 Å². The van der Waals surface area contributed by atoms with Crippen molar-refractivity contribution in [1.82, 2.24) is 20.0 Å². The Morgan fingerprint density at radius 1 is 1.30 bits per heavy atom. The van der Waals surface area contributed by atoms with Gasteiger partial charge in [-0.25, -0.2) is 0 Å². The van der Waals surface area contributed by atoms with Crippen LogP contribution in [0.2, 0.25) is 0 Å². The summed E-state index contributed by atoms with van der Waals surface area (Å²) < 4.78 is 11.0. The number of benzene rings is 1. The number of hydrogen-bond acceptors (Lipinski definition) is 5. The highest BCUT2D eigenvalue weighted by atomic mass is 16.5. The van der Waals surface area contributed by atoms with Crippen LogP contribution in [0.4, 0.5) is 0 Å². The van der Waals surface area contributed by atoms with Crippen molar-refractivity contribution < 1.29 is 19.1 Å². The number of ether oxygens (including phenoxy) is 2. The molecule has 0 radical (unpaired) electrons. The van der Waals surface area contributed by atoms with Crippen molar-refractivity contribution in [3.05, 3.63) is 41.7 Å². The number of amides is 2. The van der Waals surface area contributed by atoms with Crippen molar-refractivity contribution in [2.45, 2.75) is 26.0 Å². The second-order valence-corrected chi connectivity index (χ2v) is 6.40. The molecule has 2 aromatic rings. The number of piperazine rings is 1. The molecule has 1 aromatic heterocycles. The third-order valence-electron chi connectivity index (χ3n) is 4.66. The first kappa shape index (κ1) is 18.8. The molecule has 1 aromatic carbocycles. The number of H-pyrrole nitrogens is 1. The SMILES string of the molecule is CC[C@H]1C(=O)N(C)CCN1C(=O)c1cc(COc2ccccc2OC)[nH]n1. The lowest BCUT2D eigenvalue weighted by molar-refractivity contribution is -0.138. The third kappa shape index (κ3) is 3.89. The van der Waals surface area contributed by atoms with E-state index in [1.54, 1.807) is 30.0 Å². The molecule has 2 amide bonds. The van der Waals surface area contributed by atoms with Gasteiger partial charge in [-0.1, -0.05) is 19.1 Å². The molecule has 1 saturated heterocycles. The van der Waals surface area contributed by atoms with E-state index in [-0.39, 0.29) is 24.1 Å².